The maximum atomic E-state index is 11.5. The highest BCUT2D eigenvalue weighted by Crippen LogP contribution is 2.26. The van der Waals surface area contributed by atoms with Crippen molar-refractivity contribution in [3.05, 3.63) is 108 Å². The van der Waals surface area contributed by atoms with Gasteiger partial charge in [-0.25, -0.2) is 15.4 Å². The molecular weight excluding hydrogens is 522 g/mol. The van der Waals surface area contributed by atoms with Gasteiger partial charge in [0, 0.05) is 40.8 Å². The molecule has 2 heterocycles. The Labute approximate surface area is 238 Å². The summed E-state index contributed by atoms with van der Waals surface area (Å²) in [7, 11) is 0. The molecule has 41 heavy (non-hydrogen) atoms. The van der Waals surface area contributed by atoms with Crippen LogP contribution in [0.5, 0.6) is 5.75 Å². The number of anilines is 3. The molecule has 0 saturated heterocycles. The molecule has 1 aromatic heterocycles. The van der Waals surface area contributed by atoms with E-state index in [-0.39, 0.29) is 0 Å². The number of fused-ring (bicyclic) bond motifs is 7. The number of hydrogen-bond acceptors (Lipinski definition) is 9. The number of carbonyl (C=O) groups is 1. The molecule has 0 spiro atoms. The second kappa shape index (κ2) is 14.0. The molecule has 210 valence electrons. The minimum atomic E-state index is -0.556. The first-order valence-corrected chi connectivity index (χ1v) is 13.2. The molecule has 0 saturated carbocycles. The zero-order valence-corrected chi connectivity index (χ0v) is 22.4. The molecule has 4 aromatic rings. The third-order valence-corrected chi connectivity index (χ3v) is 6.25. The SMILES string of the molecule is O=C(NO)c1ccc(NCCOc2ccc3cc2COC/C=C/COCc2cccc(c2)-c2ccnc(n2)N3)cc1. The number of rotatable bonds is 6. The van der Waals surface area contributed by atoms with Gasteiger partial charge in [-0.05, 0) is 60.2 Å². The summed E-state index contributed by atoms with van der Waals surface area (Å²) in [6.07, 6.45) is 5.63. The van der Waals surface area contributed by atoms with Crippen molar-refractivity contribution < 1.29 is 24.2 Å². The molecule has 0 radical (unpaired) electrons. The standard InChI is InChI=1S/C31H31N5O5/c37-30(36-38)23-6-8-26(9-7-23)32-14-17-41-29-11-10-27-19-25(29)21-40-16-2-1-15-39-20-22-4-3-5-24(18-22)28-12-13-33-31(34-27)35-28/h1-13,18-19,32,38H,14-17,20-21H2,(H,36,37)(H,33,34,35)/b2-1+. The average Bonchev–Trinajstić information content (AvgIpc) is 3.01. The highest BCUT2D eigenvalue weighted by atomic mass is 16.5. The van der Waals surface area contributed by atoms with Crippen molar-refractivity contribution in [2.45, 2.75) is 13.2 Å². The van der Waals surface area contributed by atoms with Crippen molar-refractivity contribution in [2.75, 3.05) is 37.0 Å². The summed E-state index contributed by atoms with van der Waals surface area (Å²) >= 11 is 0. The molecule has 10 heteroatoms. The monoisotopic (exact) mass is 553 g/mol. The van der Waals surface area contributed by atoms with E-state index in [0.29, 0.717) is 56.8 Å². The lowest BCUT2D eigenvalue weighted by Gasteiger charge is -2.15. The number of amides is 1. The molecule has 0 aliphatic carbocycles. The maximum absolute atomic E-state index is 11.5. The third kappa shape index (κ3) is 7.89. The van der Waals surface area contributed by atoms with Gasteiger partial charge in [-0.3, -0.25) is 10.0 Å². The van der Waals surface area contributed by atoms with E-state index >= 15 is 0 Å². The molecule has 1 aliphatic heterocycles. The third-order valence-electron chi connectivity index (χ3n) is 6.25. The second-order valence-electron chi connectivity index (χ2n) is 9.21. The maximum Gasteiger partial charge on any atom is 0.274 e. The van der Waals surface area contributed by atoms with Crippen LogP contribution < -0.4 is 20.9 Å². The first-order valence-electron chi connectivity index (χ1n) is 13.2. The summed E-state index contributed by atoms with van der Waals surface area (Å²) in [5.74, 6) is 0.639. The van der Waals surface area contributed by atoms with E-state index in [1.807, 2.05) is 54.6 Å². The van der Waals surface area contributed by atoms with Crippen molar-refractivity contribution in [2.24, 2.45) is 0 Å². The lowest BCUT2D eigenvalue weighted by Crippen LogP contribution is -2.18. The second-order valence-corrected chi connectivity index (χ2v) is 9.21. The number of benzene rings is 3. The first-order chi connectivity index (χ1) is 20.2. The summed E-state index contributed by atoms with van der Waals surface area (Å²) in [5.41, 5.74) is 7.39. The van der Waals surface area contributed by atoms with Gasteiger partial charge >= 0.3 is 0 Å². The van der Waals surface area contributed by atoms with Gasteiger partial charge < -0.3 is 24.8 Å². The molecule has 3 aromatic carbocycles. The van der Waals surface area contributed by atoms with E-state index in [9.17, 15) is 4.79 Å². The molecule has 5 rings (SSSR count). The van der Waals surface area contributed by atoms with E-state index in [4.69, 9.17) is 24.4 Å². The van der Waals surface area contributed by atoms with Crippen LogP contribution in [0.25, 0.3) is 11.3 Å². The van der Waals surface area contributed by atoms with E-state index in [1.54, 1.807) is 35.9 Å². The van der Waals surface area contributed by atoms with Crippen LogP contribution in [0.2, 0.25) is 0 Å². The smallest absolute Gasteiger partial charge is 0.274 e. The minimum absolute atomic E-state index is 0.351. The molecule has 1 aliphatic rings. The van der Waals surface area contributed by atoms with Crippen LogP contribution >= 0.6 is 0 Å². The molecule has 1 amide bonds. The molecule has 0 unspecified atom stereocenters. The van der Waals surface area contributed by atoms with Gasteiger partial charge in [0.25, 0.3) is 5.91 Å². The molecule has 0 atom stereocenters. The van der Waals surface area contributed by atoms with Crippen molar-refractivity contribution in [1.29, 1.82) is 0 Å². The summed E-state index contributed by atoms with van der Waals surface area (Å²) in [4.78, 5) is 20.6. The largest absolute Gasteiger partial charge is 0.491 e. The van der Waals surface area contributed by atoms with Crippen molar-refractivity contribution in [3.8, 4) is 17.0 Å². The van der Waals surface area contributed by atoms with Crippen LogP contribution in [0.1, 0.15) is 21.5 Å². The molecule has 0 fully saturated rings. The Bertz CT molecular complexity index is 1490. The Kier molecular flexibility index (Phi) is 9.51. The number of carbonyl (C=O) groups excluding carboxylic acids is 1. The lowest BCUT2D eigenvalue weighted by molar-refractivity contribution is 0.0706. The first kappa shape index (κ1) is 27.8. The Balaban J connectivity index is 1.28. The van der Waals surface area contributed by atoms with Gasteiger partial charge in [0.2, 0.25) is 5.95 Å². The molecule has 6 bridgehead atoms. The Morgan fingerprint density at radius 3 is 2.63 bits per heavy atom. The van der Waals surface area contributed by atoms with E-state index in [1.165, 1.54) is 0 Å². The van der Waals surface area contributed by atoms with E-state index in [2.05, 4.69) is 21.7 Å². The Morgan fingerprint density at radius 2 is 1.80 bits per heavy atom. The summed E-state index contributed by atoms with van der Waals surface area (Å²) in [5, 5.41) is 15.3. The lowest BCUT2D eigenvalue weighted by atomic mass is 10.1. The van der Waals surface area contributed by atoms with Crippen molar-refractivity contribution >= 4 is 23.2 Å². The van der Waals surface area contributed by atoms with Gasteiger partial charge in [0.15, 0.2) is 0 Å². The Hall–Kier alpha value is -4.77. The number of ether oxygens (including phenoxy) is 3. The molecule has 4 N–H and O–H groups in total. The number of nitrogens with one attached hydrogen (secondary N) is 3. The number of hydroxylamine groups is 1. The highest BCUT2D eigenvalue weighted by Gasteiger charge is 2.10. The zero-order chi connectivity index (χ0) is 28.3. The predicted octanol–water partition coefficient (Wildman–Crippen LogP) is 5.10. The quantitative estimate of drug-likeness (QED) is 0.112. The van der Waals surface area contributed by atoms with Crippen molar-refractivity contribution in [3.63, 3.8) is 0 Å². The zero-order valence-electron chi connectivity index (χ0n) is 22.4. The topological polar surface area (TPSA) is 127 Å². The normalized spacial score (nSPS) is 14.1. The van der Waals surface area contributed by atoms with Crippen LogP contribution in [-0.2, 0) is 22.7 Å². The van der Waals surface area contributed by atoms with Gasteiger partial charge in [-0.1, -0.05) is 30.4 Å². The van der Waals surface area contributed by atoms with E-state index < -0.39 is 5.91 Å². The fraction of sp³-hybridized carbons (Fsp3) is 0.194. The van der Waals surface area contributed by atoms with Crippen LogP contribution in [0.3, 0.4) is 0 Å². The minimum Gasteiger partial charge on any atom is -0.491 e. The number of nitrogens with zero attached hydrogens (tertiary/aromatic N) is 2. The van der Waals surface area contributed by atoms with Gasteiger partial charge in [0.05, 0.1) is 32.1 Å². The highest BCUT2D eigenvalue weighted by molar-refractivity contribution is 5.93. The van der Waals surface area contributed by atoms with E-state index in [0.717, 1.165) is 33.8 Å². The van der Waals surface area contributed by atoms with Crippen LogP contribution in [-0.4, -0.2) is 47.4 Å². The van der Waals surface area contributed by atoms with Gasteiger partial charge in [0.1, 0.15) is 12.4 Å². The van der Waals surface area contributed by atoms with Crippen LogP contribution in [0.4, 0.5) is 17.3 Å². The predicted molar refractivity (Wildman–Crippen MR) is 155 cm³/mol. The van der Waals surface area contributed by atoms with Crippen LogP contribution in [0.15, 0.2) is 91.1 Å². The average molecular weight is 554 g/mol. The van der Waals surface area contributed by atoms with Gasteiger partial charge in [-0.2, -0.15) is 0 Å². The summed E-state index contributed by atoms with van der Waals surface area (Å²) < 4.78 is 17.8. The summed E-state index contributed by atoms with van der Waals surface area (Å²) in [6.45, 7) is 2.72. The van der Waals surface area contributed by atoms with Crippen molar-refractivity contribution in [1.82, 2.24) is 15.4 Å². The number of aromatic nitrogens is 2. The molecular formula is C31H31N5O5. The number of hydrogen-bond donors (Lipinski definition) is 4. The summed E-state index contributed by atoms with van der Waals surface area (Å²) in [6, 6.07) is 22.6. The van der Waals surface area contributed by atoms with Gasteiger partial charge in [-0.15, -0.1) is 0 Å². The molecule has 10 nitrogen and oxygen atoms in total. The Morgan fingerprint density at radius 1 is 0.976 bits per heavy atom. The van der Waals surface area contributed by atoms with Crippen LogP contribution in [0, 0.1) is 0 Å². The fourth-order valence-corrected chi connectivity index (χ4v) is 4.22. The fourth-order valence-electron chi connectivity index (χ4n) is 4.22.